The van der Waals surface area contributed by atoms with Crippen LogP contribution in [0.3, 0.4) is 0 Å². The van der Waals surface area contributed by atoms with E-state index in [9.17, 15) is 4.79 Å². The van der Waals surface area contributed by atoms with Gasteiger partial charge in [0.2, 0.25) is 5.95 Å². The number of anilines is 2. The minimum atomic E-state index is -0.647. The lowest BCUT2D eigenvalue weighted by Gasteiger charge is -2.40. The van der Waals surface area contributed by atoms with E-state index in [2.05, 4.69) is 45.1 Å². The molecule has 1 amide bonds. The van der Waals surface area contributed by atoms with E-state index in [4.69, 9.17) is 9.72 Å². The Labute approximate surface area is 268 Å². The van der Waals surface area contributed by atoms with Crippen molar-refractivity contribution < 1.29 is 18.3 Å². The number of benzene rings is 1. The van der Waals surface area contributed by atoms with Crippen molar-refractivity contribution in [1.82, 2.24) is 34.3 Å². The highest BCUT2D eigenvalue weighted by molar-refractivity contribution is 5.83. The Morgan fingerprint density at radius 2 is 1.83 bits per heavy atom. The standard InChI is InChI=1S/C34H42F2N8O2/c1-20(2)18-44-21(3)38-31-25(35)15-23(16-28(31)44)30-26(36)17-37-32(41-30)40-29-8-7-22-19-43(14-11-27(22)39-29)24-9-12-42(13-10-24)33(45)46-34(4,5)6/h7-8,15-17,20,24H,9-14,18-19H2,1-6H3,(H,37,39,40,41). The molecule has 10 nitrogen and oxygen atoms in total. The van der Waals surface area contributed by atoms with Gasteiger partial charge in [0.15, 0.2) is 11.6 Å². The molecule has 4 aromatic rings. The molecule has 1 aromatic carbocycles. The van der Waals surface area contributed by atoms with Crippen LogP contribution in [-0.2, 0) is 24.2 Å². The number of ether oxygens (including phenoxy) is 1. The van der Waals surface area contributed by atoms with Crippen molar-refractivity contribution in [3.8, 4) is 11.3 Å². The highest BCUT2D eigenvalue weighted by Crippen LogP contribution is 2.30. The van der Waals surface area contributed by atoms with Crippen molar-refractivity contribution in [2.75, 3.05) is 25.0 Å². The molecule has 0 saturated carbocycles. The Hall–Kier alpha value is -4.19. The van der Waals surface area contributed by atoms with Gasteiger partial charge in [0, 0.05) is 56.4 Å². The fraction of sp³-hybridized carbons (Fsp3) is 0.500. The quantitative estimate of drug-likeness (QED) is 0.253. The number of rotatable bonds is 6. The number of nitrogens with one attached hydrogen (secondary N) is 1. The van der Waals surface area contributed by atoms with E-state index in [1.165, 1.54) is 6.07 Å². The number of piperidine rings is 1. The molecule has 1 fully saturated rings. The van der Waals surface area contributed by atoms with Crippen LogP contribution in [0.15, 0.2) is 30.5 Å². The number of amides is 1. The Balaban J connectivity index is 1.14. The maximum atomic E-state index is 15.2. The second-order valence-electron chi connectivity index (χ2n) is 13.7. The number of pyridine rings is 1. The fourth-order valence-electron chi connectivity index (χ4n) is 6.33. The van der Waals surface area contributed by atoms with Gasteiger partial charge in [-0.25, -0.2) is 33.5 Å². The minimum absolute atomic E-state index is 0.000400. The molecule has 0 atom stereocenters. The average Bonchev–Trinajstić information content (AvgIpc) is 3.31. The van der Waals surface area contributed by atoms with Crippen molar-refractivity contribution in [3.05, 3.63) is 59.2 Å². The monoisotopic (exact) mass is 632 g/mol. The fourth-order valence-corrected chi connectivity index (χ4v) is 6.33. The van der Waals surface area contributed by atoms with Gasteiger partial charge in [-0.2, -0.15) is 0 Å². The van der Waals surface area contributed by atoms with Gasteiger partial charge in [0.1, 0.15) is 28.5 Å². The lowest BCUT2D eigenvalue weighted by molar-refractivity contribution is 0.0133. The number of likely N-dealkylation sites (tertiary alicyclic amines) is 1. The van der Waals surface area contributed by atoms with Crippen LogP contribution in [0.5, 0.6) is 0 Å². The third kappa shape index (κ3) is 6.81. The van der Waals surface area contributed by atoms with Gasteiger partial charge < -0.3 is 19.5 Å². The zero-order valence-electron chi connectivity index (χ0n) is 27.4. The van der Waals surface area contributed by atoms with Gasteiger partial charge in [-0.1, -0.05) is 19.9 Å². The van der Waals surface area contributed by atoms with Crippen LogP contribution < -0.4 is 5.32 Å². The van der Waals surface area contributed by atoms with Gasteiger partial charge in [-0.05, 0) is 70.2 Å². The van der Waals surface area contributed by atoms with Gasteiger partial charge in [0.25, 0.3) is 0 Å². The van der Waals surface area contributed by atoms with Crippen molar-refractivity contribution in [2.45, 2.75) is 85.5 Å². The first-order valence-corrected chi connectivity index (χ1v) is 16.0. The van der Waals surface area contributed by atoms with Gasteiger partial charge in [-0.15, -0.1) is 0 Å². The highest BCUT2D eigenvalue weighted by atomic mass is 19.1. The molecule has 1 N–H and O–H groups in total. The van der Waals surface area contributed by atoms with Gasteiger partial charge >= 0.3 is 6.09 Å². The predicted octanol–water partition coefficient (Wildman–Crippen LogP) is 6.63. The van der Waals surface area contributed by atoms with E-state index in [1.807, 2.05) is 38.3 Å². The lowest BCUT2D eigenvalue weighted by atomic mass is 9.98. The first-order chi connectivity index (χ1) is 21.8. The second kappa shape index (κ2) is 12.5. The number of carbonyl (C=O) groups is 1. The Kier molecular flexibility index (Phi) is 8.66. The van der Waals surface area contributed by atoms with Crippen LogP contribution in [0.1, 0.15) is 64.5 Å². The molecule has 5 heterocycles. The summed E-state index contributed by atoms with van der Waals surface area (Å²) >= 11 is 0. The molecule has 12 heteroatoms. The number of halogens is 2. The molecule has 2 aliphatic heterocycles. The van der Waals surface area contributed by atoms with Gasteiger partial charge in [0.05, 0.1) is 11.7 Å². The normalized spacial score (nSPS) is 16.2. The van der Waals surface area contributed by atoms with E-state index >= 15 is 8.78 Å². The number of aryl methyl sites for hydroxylation is 1. The van der Waals surface area contributed by atoms with Crippen LogP contribution in [0, 0.1) is 24.5 Å². The summed E-state index contributed by atoms with van der Waals surface area (Å²) in [5, 5.41) is 3.12. The third-order valence-electron chi connectivity index (χ3n) is 8.51. The van der Waals surface area contributed by atoms with E-state index in [0.717, 1.165) is 49.8 Å². The summed E-state index contributed by atoms with van der Waals surface area (Å²) in [4.78, 5) is 34.5. The maximum absolute atomic E-state index is 15.2. The van der Waals surface area contributed by atoms with Gasteiger partial charge in [-0.3, -0.25) is 4.90 Å². The van der Waals surface area contributed by atoms with Crippen molar-refractivity contribution in [2.24, 2.45) is 5.92 Å². The van der Waals surface area contributed by atoms with Crippen molar-refractivity contribution in [1.29, 1.82) is 0 Å². The smallest absolute Gasteiger partial charge is 0.410 e. The number of imidazole rings is 1. The predicted molar refractivity (Wildman–Crippen MR) is 173 cm³/mol. The summed E-state index contributed by atoms with van der Waals surface area (Å²) in [6, 6.07) is 7.33. The number of hydrogen-bond donors (Lipinski definition) is 1. The molecule has 6 rings (SSSR count). The second-order valence-corrected chi connectivity index (χ2v) is 13.7. The number of carbonyl (C=O) groups excluding carboxylic acids is 1. The van der Waals surface area contributed by atoms with E-state index in [1.54, 1.807) is 11.0 Å². The average molecular weight is 633 g/mol. The zero-order valence-corrected chi connectivity index (χ0v) is 27.4. The van der Waals surface area contributed by atoms with Crippen LogP contribution >= 0.6 is 0 Å². The minimum Gasteiger partial charge on any atom is -0.444 e. The molecule has 1 saturated heterocycles. The number of aromatic nitrogens is 5. The topological polar surface area (TPSA) is 101 Å². The molecule has 244 valence electrons. The molecule has 2 aliphatic rings. The van der Waals surface area contributed by atoms with E-state index in [-0.39, 0.29) is 23.3 Å². The Bertz CT molecular complexity index is 1760. The Morgan fingerprint density at radius 1 is 1.07 bits per heavy atom. The van der Waals surface area contributed by atoms with Crippen molar-refractivity contribution in [3.63, 3.8) is 0 Å². The molecule has 3 aromatic heterocycles. The highest BCUT2D eigenvalue weighted by Gasteiger charge is 2.31. The van der Waals surface area contributed by atoms with Crippen LogP contribution in [0.4, 0.5) is 25.3 Å². The molecular weight excluding hydrogens is 590 g/mol. The van der Waals surface area contributed by atoms with Crippen LogP contribution in [-0.4, -0.2) is 71.7 Å². The largest absolute Gasteiger partial charge is 0.444 e. The molecule has 46 heavy (non-hydrogen) atoms. The van der Waals surface area contributed by atoms with Crippen LogP contribution in [0.25, 0.3) is 22.3 Å². The first kappa shape index (κ1) is 31.8. The summed E-state index contributed by atoms with van der Waals surface area (Å²) in [5.74, 6) is 0.588. The van der Waals surface area contributed by atoms with Crippen molar-refractivity contribution >= 4 is 28.9 Å². The molecule has 0 bridgehead atoms. The summed E-state index contributed by atoms with van der Waals surface area (Å²) < 4.78 is 37.7. The third-order valence-corrected chi connectivity index (χ3v) is 8.51. The summed E-state index contributed by atoms with van der Waals surface area (Å²) in [7, 11) is 0. The molecule has 0 radical (unpaired) electrons. The summed E-state index contributed by atoms with van der Waals surface area (Å²) in [6.07, 6.45) is 3.45. The number of hydrogen-bond acceptors (Lipinski definition) is 8. The number of fused-ring (bicyclic) bond motifs is 2. The van der Waals surface area contributed by atoms with E-state index in [0.29, 0.717) is 54.3 Å². The number of nitrogens with zero attached hydrogens (tertiary/aromatic N) is 7. The summed E-state index contributed by atoms with van der Waals surface area (Å²) in [6.45, 7) is 15.4. The maximum Gasteiger partial charge on any atom is 0.410 e. The molecule has 0 spiro atoms. The molecular formula is C34H42F2N8O2. The lowest BCUT2D eigenvalue weighted by Crippen LogP contribution is -2.49. The first-order valence-electron chi connectivity index (χ1n) is 16.0. The van der Waals surface area contributed by atoms with E-state index < -0.39 is 17.2 Å². The molecule has 0 unspecified atom stereocenters. The summed E-state index contributed by atoms with van der Waals surface area (Å²) in [5.41, 5.74) is 2.83. The van der Waals surface area contributed by atoms with Crippen LogP contribution in [0.2, 0.25) is 0 Å². The zero-order chi connectivity index (χ0) is 32.7. The molecule has 0 aliphatic carbocycles. The Morgan fingerprint density at radius 3 is 2.54 bits per heavy atom. The SMILES string of the molecule is Cc1nc2c(F)cc(-c3nc(Nc4ccc5c(n4)CCN(C4CCN(C(=O)OC(C)(C)C)CC4)C5)ncc3F)cc2n1CC(C)C.